The Bertz CT molecular complexity index is 128. The number of carbonyl (C=O) groups is 1. The van der Waals surface area contributed by atoms with Crippen LogP contribution in [0.15, 0.2) is 0 Å². The number of aliphatic carboxylic acids is 1. The van der Waals surface area contributed by atoms with Crippen LogP contribution >= 0.6 is 7.94 Å². The zero-order valence-electron chi connectivity index (χ0n) is 5.35. The second-order valence-electron chi connectivity index (χ2n) is 2.01. The summed E-state index contributed by atoms with van der Waals surface area (Å²) in [5, 5.41) is 8.08. The molecule has 1 unspecified atom stereocenters. The molecule has 0 radical (unpaired) electrons. The van der Waals surface area contributed by atoms with E-state index in [1.807, 2.05) is 0 Å². The first kappa shape index (κ1) is 9.78. The van der Waals surface area contributed by atoms with Gasteiger partial charge in [-0.2, -0.15) is 0 Å². The average Bonchev–Trinajstić information content (AvgIpc) is 1.60. The summed E-state index contributed by atoms with van der Waals surface area (Å²) in [5.41, 5.74) is -1.20. The molecule has 0 aromatic rings. The molecule has 0 aliphatic heterocycles. The molecule has 60 valence electrons. The summed E-state index contributed by atoms with van der Waals surface area (Å²) >= 11 is 0. The molecule has 0 bridgehead atoms. The van der Waals surface area contributed by atoms with Crippen LogP contribution < -0.4 is 9.79 Å². The molecule has 0 aliphatic carbocycles. The van der Waals surface area contributed by atoms with Gasteiger partial charge in [0.05, 0.1) is 12.1 Å². The van der Waals surface area contributed by atoms with Crippen molar-refractivity contribution in [2.75, 3.05) is 0 Å². The molecule has 0 aromatic carbocycles. The molecule has 10 heavy (non-hydrogen) atoms. The van der Waals surface area contributed by atoms with Crippen molar-refractivity contribution >= 4 is 13.9 Å². The van der Waals surface area contributed by atoms with Gasteiger partial charge in [-0.1, -0.05) is 0 Å². The molecule has 2 N–H and O–H groups in total. The van der Waals surface area contributed by atoms with Crippen molar-refractivity contribution in [2.45, 2.75) is 19.0 Å². The molecule has 0 aromatic heterocycles. The van der Waals surface area contributed by atoms with Gasteiger partial charge >= 0.3 is 5.97 Å². The van der Waals surface area contributed by atoms with Crippen LogP contribution in [0.2, 0.25) is 0 Å². The Labute approximate surface area is 58.5 Å². The van der Waals surface area contributed by atoms with Gasteiger partial charge in [-0.3, -0.25) is 9.69 Å². The van der Waals surface area contributed by atoms with Crippen LogP contribution in [-0.2, 0) is 4.79 Å². The second-order valence-corrected chi connectivity index (χ2v) is 4.02. The van der Waals surface area contributed by atoms with Crippen molar-refractivity contribution in [2.24, 2.45) is 0 Å². The highest BCUT2D eigenvalue weighted by atomic mass is 31.2. The lowest BCUT2D eigenvalue weighted by Crippen LogP contribution is -2.31. The summed E-state index contributed by atoms with van der Waals surface area (Å²) in [7, 11) is -4.44. The molecule has 5 nitrogen and oxygen atoms in total. The van der Waals surface area contributed by atoms with Crippen LogP contribution in [0.5, 0.6) is 0 Å². The zero-order chi connectivity index (χ0) is 8.36. The molecule has 0 saturated carbocycles. The molecule has 0 aliphatic rings. The Hall–Kier alpha value is -0.220. The first-order valence-electron chi connectivity index (χ1n) is 2.59. The van der Waals surface area contributed by atoms with Crippen molar-refractivity contribution in [1.82, 2.24) is 0 Å². The van der Waals surface area contributed by atoms with Gasteiger partial charge in [0.25, 0.3) is 0 Å². The molecule has 0 fully saturated rings. The third-order valence-corrected chi connectivity index (χ3v) is 2.32. The number of carboxylic acid groups (broad SMARTS) is 1. The van der Waals surface area contributed by atoms with E-state index in [2.05, 4.69) is 0 Å². The average molecular weight is 167 g/mol. The molecule has 0 amide bonds. The van der Waals surface area contributed by atoms with Crippen molar-refractivity contribution in [3.63, 3.8) is 0 Å². The topological polar surface area (TPSA) is 104 Å². The van der Waals surface area contributed by atoms with Crippen molar-refractivity contribution in [3.8, 4) is 0 Å². The fourth-order valence-corrected chi connectivity index (χ4v) is 0.755. The van der Waals surface area contributed by atoms with Crippen LogP contribution in [0.25, 0.3) is 0 Å². The highest BCUT2D eigenvalue weighted by Gasteiger charge is 2.22. The molecule has 0 rings (SSSR count). The first-order chi connectivity index (χ1) is 4.34. The summed E-state index contributed by atoms with van der Waals surface area (Å²) in [5.74, 6) is -1.24. The Morgan fingerprint density at radius 1 is 1.70 bits per heavy atom. The van der Waals surface area contributed by atoms with Crippen molar-refractivity contribution in [3.05, 3.63) is 0 Å². The quantitative estimate of drug-likeness (QED) is 0.489. The van der Waals surface area contributed by atoms with Gasteiger partial charge < -0.3 is 14.9 Å². The van der Waals surface area contributed by atoms with Gasteiger partial charge in [-0.15, -0.1) is 0 Å². The number of carboxylic acids is 1. The molecular weight excluding hydrogens is 159 g/mol. The number of rotatable bonds is 3. The highest BCUT2D eigenvalue weighted by Crippen LogP contribution is 2.41. The lowest BCUT2D eigenvalue weighted by molar-refractivity contribution is -0.334. The summed E-state index contributed by atoms with van der Waals surface area (Å²) in [6.07, 6.45) is -0.558. The minimum atomic E-state index is -4.44. The minimum absolute atomic E-state index is 0.558. The summed E-state index contributed by atoms with van der Waals surface area (Å²) in [6.45, 7) is 1.14. The molecule has 6 heteroatoms. The van der Waals surface area contributed by atoms with Gasteiger partial charge in [0, 0.05) is 7.94 Å². The number of hydrogen-bond acceptors (Lipinski definition) is 4. The van der Waals surface area contributed by atoms with Crippen molar-refractivity contribution in [1.29, 1.82) is 0 Å². The lowest BCUT2D eigenvalue weighted by Gasteiger charge is -2.32. The van der Waals surface area contributed by atoms with Crippen LogP contribution in [0, 0.1) is 0 Å². The van der Waals surface area contributed by atoms with Crippen LogP contribution in [0.4, 0.5) is 0 Å². The van der Waals surface area contributed by atoms with E-state index in [9.17, 15) is 14.6 Å². The largest absolute Gasteiger partial charge is 0.659 e. The van der Waals surface area contributed by atoms with Gasteiger partial charge in [0.1, 0.15) is 0 Å². The maximum atomic E-state index is 10.2. The third kappa shape index (κ3) is 3.74. The van der Waals surface area contributed by atoms with Crippen molar-refractivity contribution < 1.29 is 24.6 Å². The lowest BCUT2D eigenvalue weighted by atomic mass is 10.3. The smallest absolute Gasteiger partial charge is 0.307 e. The minimum Gasteiger partial charge on any atom is -0.659 e. The Morgan fingerprint density at radius 3 is 2.20 bits per heavy atom. The first-order valence-corrected chi connectivity index (χ1v) is 4.24. The van der Waals surface area contributed by atoms with E-state index in [4.69, 9.17) is 10.00 Å². The van der Waals surface area contributed by atoms with Crippen LogP contribution in [0.1, 0.15) is 13.3 Å². The fourth-order valence-electron chi connectivity index (χ4n) is 0.368. The highest BCUT2D eigenvalue weighted by molar-refractivity contribution is 7.56. The zero-order valence-corrected chi connectivity index (χ0v) is 6.25. The Balaban J connectivity index is 3.85. The van der Waals surface area contributed by atoms with Crippen LogP contribution in [0.3, 0.4) is 0 Å². The standard InChI is InChI=1S/C4H9O5P/c1-3(2-4(5)6)10(7,8)9/h3H,2H2,1H3,(H,5,6)(H2,7,8,9)/p-1. The van der Waals surface area contributed by atoms with Gasteiger partial charge in [-0.25, -0.2) is 0 Å². The fraction of sp³-hybridized carbons (Fsp3) is 0.750. The number of hydrogen-bond donors (Lipinski definition) is 2. The molecule has 0 spiro atoms. The predicted octanol–water partition coefficient (Wildman–Crippen LogP) is -1.67. The van der Waals surface area contributed by atoms with E-state index in [-0.39, 0.29) is 0 Å². The van der Waals surface area contributed by atoms with E-state index in [0.29, 0.717) is 0 Å². The monoisotopic (exact) mass is 167 g/mol. The van der Waals surface area contributed by atoms with Gasteiger partial charge in [-0.05, 0) is 6.92 Å². The summed E-state index contributed by atoms with van der Waals surface area (Å²) in [6, 6.07) is 0. The van der Waals surface area contributed by atoms with Gasteiger partial charge in [0.2, 0.25) is 0 Å². The third-order valence-electron chi connectivity index (χ3n) is 1.03. The SMILES string of the molecule is CC(CC(=O)O)[P+]([O-])([O-])O. The maximum Gasteiger partial charge on any atom is 0.307 e. The van der Waals surface area contributed by atoms with E-state index in [1.165, 1.54) is 0 Å². The Kier molecular flexibility index (Phi) is 3.18. The van der Waals surface area contributed by atoms with E-state index >= 15 is 0 Å². The molecule has 1 atom stereocenters. The molecular formula is C4H8O5P-. The Morgan fingerprint density at radius 2 is 2.10 bits per heavy atom. The van der Waals surface area contributed by atoms with Crippen LogP contribution in [-0.4, -0.2) is 21.6 Å². The molecule has 0 heterocycles. The normalized spacial score (nSPS) is 14.8. The van der Waals surface area contributed by atoms with E-state index in [1.54, 1.807) is 0 Å². The maximum absolute atomic E-state index is 10.2. The molecule has 0 saturated heterocycles. The predicted molar refractivity (Wildman–Crippen MR) is 30.9 cm³/mol. The van der Waals surface area contributed by atoms with E-state index < -0.39 is 26.0 Å². The summed E-state index contributed by atoms with van der Waals surface area (Å²) in [4.78, 5) is 38.5. The summed E-state index contributed by atoms with van der Waals surface area (Å²) < 4.78 is 0. The van der Waals surface area contributed by atoms with E-state index in [0.717, 1.165) is 6.92 Å². The van der Waals surface area contributed by atoms with Gasteiger partial charge in [0.15, 0.2) is 0 Å². The second kappa shape index (κ2) is 3.25.